The van der Waals surface area contributed by atoms with E-state index in [0.717, 1.165) is 47.5 Å². The van der Waals surface area contributed by atoms with E-state index in [4.69, 9.17) is 4.98 Å². The third-order valence-corrected chi connectivity index (χ3v) is 6.66. The Morgan fingerprint density at radius 2 is 1.96 bits per heavy atom. The summed E-state index contributed by atoms with van der Waals surface area (Å²) in [5.74, 6) is 0.100. The first kappa shape index (κ1) is 19.0. The van der Waals surface area contributed by atoms with Crippen LogP contribution < -0.4 is 0 Å². The zero-order chi connectivity index (χ0) is 19.7. The number of aromatic nitrogens is 1. The number of rotatable bonds is 3. The predicted octanol–water partition coefficient (Wildman–Crippen LogP) is 5.98. The van der Waals surface area contributed by atoms with Gasteiger partial charge in [0.15, 0.2) is 5.78 Å². The molecule has 2 aliphatic rings. The van der Waals surface area contributed by atoms with Crippen LogP contribution in [0.3, 0.4) is 0 Å². The number of allylic oxidation sites excluding steroid dienone is 1. The number of fused-ring (bicyclic) bond motifs is 1. The van der Waals surface area contributed by atoms with Crippen molar-refractivity contribution in [2.24, 2.45) is 5.41 Å². The van der Waals surface area contributed by atoms with Gasteiger partial charge in [0, 0.05) is 22.8 Å². The average molecular weight is 389 g/mol. The van der Waals surface area contributed by atoms with Gasteiger partial charge in [-0.2, -0.15) is 5.26 Å². The molecule has 1 atom stereocenters. The molecule has 0 saturated carbocycles. The van der Waals surface area contributed by atoms with Crippen molar-refractivity contribution in [3.05, 3.63) is 59.3 Å². The van der Waals surface area contributed by atoms with Crippen molar-refractivity contribution >= 4 is 17.5 Å². The summed E-state index contributed by atoms with van der Waals surface area (Å²) in [5, 5.41) is 11.1. The summed E-state index contributed by atoms with van der Waals surface area (Å²) < 4.78 is 0. The van der Waals surface area contributed by atoms with Gasteiger partial charge in [-0.3, -0.25) is 4.79 Å². The Morgan fingerprint density at radius 3 is 2.64 bits per heavy atom. The molecule has 0 amide bonds. The molecule has 0 bridgehead atoms. The summed E-state index contributed by atoms with van der Waals surface area (Å²) in [7, 11) is 0. The molecular weight excluding hydrogens is 364 g/mol. The second kappa shape index (κ2) is 7.56. The number of hydrogen-bond acceptors (Lipinski definition) is 4. The van der Waals surface area contributed by atoms with Gasteiger partial charge in [-0.1, -0.05) is 68.1 Å². The molecule has 0 fully saturated rings. The molecule has 1 aromatic carbocycles. The fourth-order valence-electron chi connectivity index (χ4n) is 4.18. The minimum absolute atomic E-state index is 0.100. The van der Waals surface area contributed by atoms with Gasteiger partial charge in [0.2, 0.25) is 0 Å². The van der Waals surface area contributed by atoms with Crippen LogP contribution >= 0.6 is 11.8 Å². The van der Waals surface area contributed by atoms with E-state index in [-0.39, 0.29) is 11.2 Å². The highest BCUT2D eigenvalue weighted by Gasteiger charge is 2.36. The van der Waals surface area contributed by atoms with Crippen molar-refractivity contribution < 1.29 is 4.79 Å². The topological polar surface area (TPSA) is 53.8 Å². The lowest BCUT2D eigenvalue weighted by Crippen LogP contribution is -2.29. The van der Waals surface area contributed by atoms with Crippen molar-refractivity contribution in [3.8, 4) is 17.2 Å². The number of hydrogen-bond donors (Lipinski definition) is 0. The molecule has 0 aliphatic heterocycles. The van der Waals surface area contributed by atoms with Crippen molar-refractivity contribution in [2.45, 2.75) is 56.2 Å². The van der Waals surface area contributed by atoms with Gasteiger partial charge >= 0.3 is 0 Å². The fourth-order valence-corrected chi connectivity index (χ4v) is 5.37. The number of carbonyl (C=O) groups is 1. The number of nitriles is 1. The summed E-state index contributed by atoms with van der Waals surface area (Å²) in [6, 6.07) is 12.2. The highest BCUT2D eigenvalue weighted by molar-refractivity contribution is 8.00. The van der Waals surface area contributed by atoms with Crippen LogP contribution in [0.15, 0.2) is 47.5 Å². The molecule has 0 radical (unpaired) electrons. The number of benzene rings is 1. The molecule has 0 saturated heterocycles. The Bertz CT molecular complexity index is 986. The van der Waals surface area contributed by atoms with Gasteiger partial charge in [-0.25, -0.2) is 4.98 Å². The number of thioether (sulfide) groups is 1. The second-order valence-electron chi connectivity index (χ2n) is 8.42. The van der Waals surface area contributed by atoms with Gasteiger partial charge in [-0.15, -0.1) is 0 Å². The van der Waals surface area contributed by atoms with E-state index in [2.05, 4.69) is 32.1 Å². The fraction of sp³-hybridized carbons (Fsp3) is 0.375. The van der Waals surface area contributed by atoms with E-state index in [1.54, 1.807) is 11.8 Å². The molecule has 2 aromatic rings. The van der Waals surface area contributed by atoms with Crippen molar-refractivity contribution in [1.29, 1.82) is 5.26 Å². The van der Waals surface area contributed by atoms with Crippen molar-refractivity contribution in [2.75, 3.05) is 0 Å². The summed E-state index contributed by atoms with van der Waals surface area (Å²) in [6.07, 6.45) is 9.08. The second-order valence-corrected chi connectivity index (χ2v) is 9.65. The van der Waals surface area contributed by atoms with Crippen molar-refractivity contribution in [1.82, 2.24) is 4.98 Å². The lowest BCUT2D eigenvalue weighted by Gasteiger charge is -2.31. The van der Waals surface area contributed by atoms with Gasteiger partial charge in [0.1, 0.15) is 11.1 Å². The maximum atomic E-state index is 13.1. The van der Waals surface area contributed by atoms with E-state index in [0.29, 0.717) is 22.8 Å². The molecule has 1 heterocycles. The highest BCUT2D eigenvalue weighted by Crippen LogP contribution is 2.43. The molecule has 0 unspecified atom stereocenters. The molecule has 28 heavy (non-hydrogen) atoms. The first-order chi connectivity index (χ1) is 13.5. The summed E-state index contributed by atoms with van der Waals surface area (Å²) in [4.78, 5) is 18.0. The maximum absolute atomic E-state index is 13.1. The number of ketones is 1. The summed E-state index contributed by atoms with van der Waals surface area (Å²) in [6.45, 7) is 4.24. The van der Waals surface area contributed by atoms with E-state index in [1.165, 1.54) is 0 Å². The monoisotopic (exact) mass is 388 g/mol. The van der Waals surface area contributed by atoms with Crippen LogP contribution in [0.25, 0.3) is 11.1 Å². The molecule has 142 valence electrons. The minimum atomic E-state index is -0.105. The van der Waals surface area contributed by atoms with Crippen LogP contribution in [0, 0.1) is 16.7 Å². The lowest BCUT2D eigenvalue weighted by molar-refractivity contribution is 0.0910. The largest absolute Gasteiger partial charge is 0.294 e. The molecule has 0 spiro atoms. The Morgan fingerprint density at radius 1 is 1.18 bits per heavy atom. The van der Waals surface area contributed by atoms with Gasteiger partial charge in [0.05, 0.1) is 11.3 Å². The zero-order valence-electron chi connectivity index (χ0n) is 16.4. The summed E-state index contributed by atoms with van der Waals surface area (Å²) >= 11 is 1.67. The molecular formula is C24H24N2OS. The first-order valence-electron chi connectivity index (χ1n) is 9.87. The van der Waals surface area contributed by atoms with Crippen LogP contribution in [0.1, 0.15) is 61.1 Å². The number of carbonyl (C=O) groups excluding carboxylic acids is 1. The molecule has 2 aliphatic carbocycles. The first-order valence-corrected chi connectivity index (χ1v) is 10.8. The molecule has 3 nitrogen and oxygen atoms in total. The van der Waals surface area contributed by atoms with Crippen LogP contribution in [0.4, 0.5) is 0 Å². The van der Waals surface area contributed by atoms with Gasteiger partial charge in [-0.05, 0) is 36.7 Å². The number of Topliss-reactive ketones (excluding diaryl/α,β-unsaturated/α-hetero) is 1. The Labute approximate surface area is 170 Å². The Kier molecular flexibility index (Phi) is 5.12. The number of pyridine rings is 1. The SMILES string of the molecule is CC1(C)CC(=O)c2c(nc(S[C@H]3C=CCCC3)c(C#N)c2-c2ccccc2)C1. The molecule has 1 aromatic heterocycles. The van der Waals surface area contributed by atoms with E-state index >= 15 is 0 Å². The Hall–Kier alpha value is -2.38. The molecule has 4 rings (SSSR count). The van der Waals surface area contributed by atoms with E-state index in [9.17, 15) is 10.1 Å². The van der Waals surface area contributed by atoms with E-state index in [1.807, 2.05) is 30.3 Å². The minimum Gasteiger partial charge on any atom is -0.294 e. The lowest BCUT2D eigenvalue weighted by atomic mass is 9.73. The van der Waals surface area contributed by atoms with E-state index < -0.39 is 0 Å². The third-order valence-electron chi connectivity index (χ3n) is 5.45. The van der Waals surface area contributed by atoms with Crippen LogP contribution in [-0.2, 0) is 6.42 Å². The average Bonchev–Trinajstić information content (AvgIpc) is 2.67. The zero-order valence-corrected chi connectivity index (χ0v) is 17.2. The predicted molar refractivity (Wildman–Crippen MR) is 113 cm³/mol. The summed E-state index contributed by atoms with van der Waals surface area (Å²) in [5.41, 5.74) is 3.64. The normalized spacial score (nSPS) is 20.5. The van der Waals surface area contributed by atoms with Gasteiger partial charge < -0.3 is 0 Å². The molecule has 0 N–H and O–H groups in total. The smallest absolute Gasteiger partial charge is 0.165 e. The maximum Gasteiger partial charge on any atom is 0.165 e. The van der Waals surface area contributed by atoms with Gasteiger partial charge in [0.25, 0.3) is 0 Å². The number of nitrogens with zero attached hydrogens (tertiary/aromatic N) is 2. The van der Waals surface area contributed by atoms with Crippen LogP contribution in [-0.4, -0.2) is 16.0 Å². The van der Waals surface area contributed by atoms with Crippen LogP contribution in [0.5, 0.6) is 0 Å². The third kappa shape index (κ3) is 3.64. The standard InChI is InChI=1S/C24H24N2OS/c1-24(2)13-19-22(20(27)14-24)21(16-9-5-3-6-10-16)18(15-25)23(26-19)28-17-11-7-4-8-12-17/h3,5-7,9-11,17H,4,8,12-14H2,1-2H3/t17-/m0/s1. The highest BCUT2D eigenvalue weighted by atomic mass is 32.2. The molecule has 4 heteroatoms. The van der Waals surface area contributed by atoms with Crippen LogP contribution in [0.2, 0.25) is 0 Å². The Balaban J connectivity index is 1.93. The quantitative estimate of drug-likeness (QED) is 0.607. The van der Waals surface area contributed by atoms with Crippen molar-refractivity contribution in [3.63, 3.8) is 0 Å².